The smallest absolute Gasteiger partial charge is 0.244 e. The molecule has 2 aliphatic rings. The van der Waals surface area contributed by atoms with Gasteiger partial charge >= 0.3 is 0 Å². The Kier molecular flexibility index (Phi) is 3.53. The SMILES string of the molecule is CC(C(=O)N1CCc2ccccc21)N1CCOCC1. The molecule has 0 radical (unpaired) electrons. The summed E-state index contributed by atoms with van der Waals surface area (Å²) in [5.74, 6) is 0.215. The zero-order chi connectivity index (χ0) is 13.2. The Labute approximate surface area is 113 Å². The van der Waals surface area contributed by atoms with Crippen LogP contribution >= 0.6 is 0 Å². The van der Waals surface area contributed by atoms with Gasteiger partial charge in [0.25, 0.3) is 0 Å². The Morgan fingerprint density at radius 2 is 1.95 bits per heavy atom. The van der Waals surface area contributed by atoms with Gasteiger partial charge < -0.3 is 9.64 Å². The number of fused-ring (bicyclic) bond motifs is 1. The maximum atomic E-state index is 12.7. The molecule has 1 unspecified atom stereocenters. The maximum absolute atomic E-state index is 12.7. The largest absolute Gasteiger partial charge is 0.379 e. The minimum atomic E-state index is -0.0601. The van der Waals surface area contributed by atoms with Crippen LogP contribution in [0, 0.1) is 0 Å². The van der Waals surface area contributed by atoms with Crippen LogP contribution in [0.2, 0.25) is 0 Å². The third kappa shape index (κ3) is 2.38. The summed E-state index contributed by atoms with van der Waals surface area (Å²) in [7, 11) is 0. The highest BCUT2D eigenvalue weighted by atomic mass is 16.5. The standard InChI is InChI=1S/C15H20N2O2/c1-12(16-8-10-19-11-9-16)15(18)17-7-6-13-4-2-3-5-14(13)17/h2-5,12H,6-11H2,1H3. The molecule has 1 fully saturated rings. The van der Waals surface area contributed by atoms with Gasteiger partial charge in [-0.2, -0.15) is 0 Å². The average molecular weight is 260 g/mol. The van der Waals surface area contributed by atoms with Crippen LogP contribution in [0.4, 0.5) is 5.69 Å². The summed E-state index contributed by atoms with van der Waals surface area (Å²) in [5, 5.41) is 0. The quantitative estimate of drug-likeness (QED) is 0.803. The van der Waals surface area contributed by atoms with Gasteiger partial charge in [-0.05, 0) is 25.0 Å². The molecule has 0 saturated carbocycles. The Morgan fingerprint density at radius 1 is 1.21 bits per heavy atom. The van der Waals surface area contributed by atoms with E-state index in [9.17, 15) is 4.79 Å². The fourth-order valence-electron chi connectivity index (χ4n) is 2.91. The van der Waals surface area contributed by atoms with E-state index in [0.717, 1.165) is 45.0 Å². The normalized spacial score (nSPS) is 21.2. The number of hydrogen-bond donors (Lipinski definition) is 0. The number of carbonyl (C=O) groups is 1. The van der Waals surface area contributed by atoms with Gasteiger partial charge in [0.05, 0.1) is 19.3 Å². The van der Waals surface area contributed by atoms with Crippen LogP contribution in [-0.4, -0.2) is 49.7 Å². The van der Waals surface area contributed by atoms with E-state index in [1.54, 1.807) is 0 Å². The molecule has 1 saturated heterocycles. The first-order valence-corrected chi connectivity index (χ1v) is 6.98. The number of ether oxygens (including phenoxy) is 1. The van der Waals surface area contributed by atoms with Crippen LogP contribution in [-0.2, 0) is 16.0 Å². The van der Waals surface area contributed by atoms with Crippen molar-refractivity contribution in [2.24, 2.45) is 0 Å². The molecule has 0 N–H and O–H groups in total. The molecule has 3 rings (SSSR count). The van der Waals surface area contributed by atoms with Crippen LogP contribution in [0.25, 0.3) is 0 Å². The molecule has 0 aliphatic carbocycles. The Balaban J connectivity index is 1.74. The van der Waals surface area contributed by atoms with Crippen LogP contribution in [0.1, 0.15) is 12.5 Å². The maximum Gasteiger partial charge on any atom is 0.244 e. The highest BCUT2D eigenvalue weighted by Gasteiger charge is 2.31. The zero-order valence-electron chi connectivity index (χ0n) is 11.3. The first kappa shape index (κ1) is 12.6. The number of morpholine rings is 1. The Hall–Kier alpha value is -1.39. The van der Waals surface area contributed by atoms with Crippen molar-refractivity contribution in [3.05, 3.63) is 29.8 Å². The van der Waals surface area contributed by atoms with Crippen molar-refractivity contribution in [3.8, 4) is 0 Å². The molecule has 2 heterocycles. The van der Waals surface area contributed by atoms with Crippen molar-refractivity contribution in [1.29, 1.82) is 0 Å². The van der Waals surface area contributed by atoms with Gasteiger partial charge in [0, 0.05) is 25.3 Å². The lowest BCUT2D eigenvalue weighted by Gasteiger charge is -2.33. The molecule has 1 atom stereocenters. The van der Waals surface area contributed by atoms with E-state index in [-0.39, 0.29) is 11.9 Å². The highest BCUT2D eigenvalue weighted by molar-refractivity contribution is 5.98. The van der Waals surface area contributed by atoms with E-state index >= 15 is 0 Å². The number of benzene rings is 1. The summed E-state index contributed by atoms with van der Waals surface area (Å²) in [6, 6.07) is 8.14. The fourth-order valence-corrected chi connectivity index (χ4v) is 2.91. The number of hydrogen-bond acceptors (Lipinski definition) is 3. The molecule has 1 aromatic rings. The van der Waals surface area contributed by atoms with Gasteiger partial charge in [0.2, 0.25) is 5.91 Å². The highest BCUT2D eigenvalue weighted by Crippen LogP contribution is 2.28. The van der Waals surface area contributed by atoms with E-state index in [4.69, 9.17) is 4.74 Å². The number of rotatable bonds is 2. The Morgan fingerprint density at radius 3 is 2.74 bits per heavy atom. The van der Waals surface area contributed by atoms with Gasteiger partial charge in [-0.1, -0.05) is 18.2 Å². The molecule has 0 aromatic heterocycles. The minimum absolute atomic E-state index is 0.0601. The lowest BCUT2D eigenvalue weighted by molar-refractivity contribution is -0.124. The molecule has 4 nitrogen and oxygen atoms in total. The summed E-state index contributed by atoms with van der Waals surface area (Å²) in [6.45, 7) is 5.98. The lowest BCUT2D eigenvalue weighted by atomic mass is 10.1. The number of para-hydroxylation sites is 1. The third-order valence-electron chi connectivity index (χ3n) is 4.10. The molecule has 1 amide bonds. The van der Waals surface area contributed by atoms with Crippen LogP contribution < -0.4 is 4.90 Å². The van der Waals surface area contributed by atoms with Crippen molar-refractivity contribution in [1.82, 2.24) is 4.90 Å². The molecule has 4 heteroatoms. The predicted molar refractivity (Wildman–Crippen MR) is 74.4 cm³/mol. The van der Waals surface area contributed by atoms with Crippen LogP contribution in [0.15, 0.2) is 24.3 Å². The van der Waals surface area contributed by atoms with E-state index in [2.05, 4.69) is 11.0 Å². The first-order valence-electron chi connectivity index (χ1n) is 6.98. The fraction of sp³-hybridized carbons (Fsp3) is 0.533. The summed E-state index contributed by atoms with van der Waals surface area (Å²) < 4.78 is 5.34. The number of nitrogens with zero attached hydrogens (tertiary/aromatic N) is 2. The van der Waals surface area contributed by atoms with E-state index < -0.39 is 0 Å². The minimum Gasteiger partial charge on any atom is -0.379 e. The second-order valence-electron chi connectivity index (χ2n) is 5.19. The van der Waals surface area contributed by atoms with Gasteiger partial charge in [0.15, 0.2) is 0 Å². The summed E-state index contributed by atoms with van der Waals surface area (Å²) >= 11 is 0. The van der Waals surface area contributed by atoms with Gasteiger partial charge in [-0.25, -0.2) is 0 Å². The van der Waals surface area contributed by atoms with E-state index in [1.165, 1.54) is 5.56 Å². The third-order valence-corrected chi connectivity index (χ3v) is 4.10. The first-order chi connectivity index (χ1) is 9.27. The van der Waals surface area contributed by atoms with Crippen molar-refractivity contribution in [2.75, 3.05) is 37.7 Å². The van der Waals surface area contributed by atoms with Crippen LogP contribution in [0.3, 0.4) is 0 Å². The second-order valence-corrected chi connectivity index (χ2v) is 5.19. The van der Waals surface area contributed by atoms with E-state index in [0.29, 0.717) is 0 Å². The predicted octanol–water partition coefficient (Wildman–Crippen LogP) is 1.30. The van der Waals surface area contributed by atoms with E-state index in [1.807, 2.05) is 30.0 Å². The van der Waals surface area contributed by atoms with Gasteiger partial charge in [-0.15, -0.1) is 0 Å². The molecule has 2 aliphatic heterocycles. The number of carbonyl (C=O) groups excluding carboxylic acids is 1. The number of anilines is 1. The van der Waals surface area contributed by atoms with Crippen molar-refractivity contribution >= 4 is 11.6 Å². The van der Waals surface area contributed by atoms with Gasteiger partial charge in [-0.3, -0.25) is 9.69 Å². The monoisotopic (exact) mass is 260 g/mol. The second kappa shape index (κ2) is 5.31. The molecular weight excluding hydrogens is 240 g/mol. The lowest BCUT2D eigenvalue weighted by Crippen LogP contribution is -2.50. The van der Waals surface area contributed by atoms with Gasteiger partial charge in [0.1, 0.15) is 0 Å². The molecule has 0 spiro atoms. The molecule has 102 valence electrons. The zero-order valence-corrected chi connectivity index (χ0v) is 11.3. The Bertz CT molecular complexity index is 469. The summed E-state index contributed by atoms with van der Waals surface area (Å²) in [5.41, 5.74) is 2.37. The molecular formula is C15H20N2O2. The van der Waals surface area contributed by atoms with Crippen molar-refractivity contribution < 1.29 is 9.53 Å². The van der Waals surface area contributed by atoms with Crippen LogP contribution in [0.5, 0.6) is 0 Å². The molecule has 1 aromatic carbocycles. The van der Waals surface area contributed by atoms with Crippen molar-refractivity contribution in [3.63, 3.8) is 0 Å². The van der Waals surface area contributed by atoms with Crippen molar-refractivity contribution in [2.45, 2.75) is 19.4 Å². The number of amides is 1. The summed E-state index contributed by atoms with van der Waals surface area (Å²) in [4.78, 5) is 16.8. The average Bonchev–Trinajstić information content (AvgIpc) is 2.90. The summed E-state index contributed by atoms with van der Waals surface area (Å²) in [6.07, 6.45) is 0.970. The topological polar surface area (TPSA) is 32.8 Å². The molecule has 19 heavy (non-hydrogen) atoms. The molecule has 0 bridgehead atoms.